The number of carbonyl (C=O) groups is 1. The molecule has 22 heavy (non-hydrogen) atoms. The number of carbonyl (C=O) groups excluding carboxylic acids is 1. The van der Waals surface area contributed by atoms with E-state index in [0.29, 0.717) is 12.2 Å². The number of aliphatic hydroxyl groups excluding tert-OH is 1. The molecule has 2 saturated heterocycles. The maximum Gasteiger partial charge on any atom is 0.253 e. The highest BCUT2D eigenvalue weighted by atomic mass is 16.6. The van der Waals surface area contributed by atoms with Gasteiger partial charge in [-0.25, -0.2) is 0 Å². The molecular formula is C14H16N4O4. The Bertz CT molecular complexity index is 731. The van der Waals surface area contributed by atoms with Gasteiger partial charge in [0, 0.05) is 13.2 Å². The molecule has 2 aromatic rings. The highest BCUT2D eigenvalue weighted by Crippen LogP contribution is 2.27. The minimum Gasteiger partial charge on any atom is -0.388 e. The van der Waals surface area contributed by atoms with Gasteiger partial charge in [0.05, 0.1) is 36.5 Å². The minimum absolute atomic E-state index is 0.240. The second kappa shape index (κ2) is 5.01. The fraction of sp³-hybridized carbons (Fsp3) is 0.500. The number of rotatable bonds is 2. The summed E-state index contributed by atoms with van der Waals surface area (Å²) in [6.07, 6.45) is 1.90. The fourth-order valence-corrected chi connectivity index (χ4v) is 3.00. The quantitative estimate of drug-likeness (QED) is 0.755. The third-order valence-electron chi connectivity index (χ3n) is 4.21. The molecule has 4 rings (SSSR count). The average molecular weight is 304 g/mol. The Morgan fingerprint density at radius 3 is 3.05 bits per heavy atom. The van der Waals surface area contributed by atoms with Gasteiger partial charge in [-0.15, -0.1) is 0 Å². The van der Waals surface area contributed by atoms with Crippen molar-refractivity contribution in [3.05, 3.63) is 24.0 Å². The van der Waals surface area contributed by atoms with Gasteiger partial charge in [-0.05, 0) is 6.07 Å². The second-order valence-electron chi connectivity index (χ2n) is 5.64. The monoisotopic (exact) mass is 304 g/mol. The van der Waals surface area contributed by atoms with Gasteiger partial charge in [0.25, 0.3) is 5.91 Å². The van der Waals surface area contributed by atoms with Gasteiger partial charge in [-0.3, -0.25) is 14.5 Å². The van der Waals surface area contributed by atoms with E-state index < -0.39 is 6.10 Å². The standard InChI is InChI=1S/C14H16N4O4/c1-18-10-2-7(3-15-8(10)4-16-18)14(20)17-9-5-21-13-11(19)6-22-12(9)13/h2-4,9,11-13,19H,5-6H2,1H3,(H,17,20)/t9-,11-,12+,13+/m0/s1. The zero-order chi connectivity index (χ0) is 15.3. The number of hydrogen-bond acceptors (Lipinski definition) is 6. The van der Waals surface area contributed by atoms with E-state index >= 15 is 0 Å². The van der Waals surface area contributed by atoms with Crippen LogP contribution < -0.4 is 5.32 Å². The van der Waals surface area contributed by atoms with Crippen molar-refractivity contribution in [3.63, 3.8) is 0 Å². The lowest BCUT2D eigenvalue weighted by atomic mass is 10.1. The van der Waals surface area contributed by atoms with E-state index in [2.05, 4.69) is 15.4 Å². The van der Waals surface area contributed by atoms with Crippen LogP contribution in [0, 0.1) is 0 Å². The largest absolute Gasteiger partial charge is 0.388 e. The number of ether oxygens (including phenoxy) is 2. The van der Waals surface area contributed by atoms with Crippen LogP contribution in [0.2, 0.25) is 0 Å². The van der Waals surface area contributed by atoms with E-state index in [-0.39, 0.29) is 30.8 Å². The van der Waals surface area contributed by atoms with Crippen molar-refractivity contribution in [2.45, 2.75) is 24.4 Å². The summed E-state index contributed by atoms with van der Waals surface area (Å²) in [6, 6.07) is 1.49. The van der Waals surface area contributed by atoms with E-state index in [1.807, 2.05) is 0 Å². The normalized spacial score (nSPS) is 30.6. The Balaban J connectivity index is 1.53. The lowest BCUT2D eigenvalue weighted by Gasteiger charge is -2.17. The summed E-state index contributed by atoms with van der Waals surface area (Å²) in [5.74, 6) is -0.241. The summed E-state index contributed by atoms with van der Waals surface area (Å²) >= 11 is 0. The Morgan fingerprint density at radius 1 is 1.36 bits per heavy atom. The number of aryl methyl sites for hydroxylation is 1. The molecule has 8 heteroatoms. The molecule has 4 heterocycles. The van der Waals surface area contributed by atoms with Crippen LogP contribution in [-0.2, 0) is 16.5 Å². The summed E-state index contributed by atoms with van der Waals surface area (Å²) in [4.78, 5) is 16.6. The number of aromatic nitrogens is 3. The lowest BCUT2D eigenvalue weighted by molar-refractivity contribution is 0.0178. The maximum atomic E-state index is 12.4. The molecule has 0 unspecified atom stereocenters. The lowest BCUT2D eigenvalue weighted by Crippen LogP contribution is -2.44. The molecule has 2 aliphatic rings. The smallest absolute Gasteiger partial charge is 0.253 e. The number of fused-ring (bicyclic) bond motifs is 2. The van der Waals surface area contributed by atoms with Crippen molar-refractivity contribution in [1.29, 1.82) is 0 Å². The van der Waals surface area contributed by atoms with Crippen LogP contribution in [0.15, 0.2) is 18.5 Å². The van der Waals surface area contributed by atoms with Crippen molar-refractivity contribution in [3.8, 4) is 0 Å². The molecule has 2 N–H and O–H groups in total. The predicted molar refractivity (Wildman–Crippen MR) is 75.3 cm³/mol. The van der Waals surface area contributed by atoms with Crippen LogP contribution in [0.3, 0.4) is 0 Å². The van der Waals surface area contributed by atoms with E-state index in [0.717, 1.165) is 11.0 Å². The van der Waals surface area contributed by atoms with Crippen molar-refractivity contribution in [2.24, 2.45) is 7.05 Å². The van der Waals surface area contributed by atoms with Gasteiger partial charge >= 0.3 is 0 Å². The topological polar surface area (TPSA) is 98.5 Å². The summed E-state index contributed by atoms with van der Waals surface area (Å²) < 4.78 is 12.7. The average Bonchev–Trinajstić information content (AvgIpc) is 3.18. The van der Waals surface area contributed by atoms with Crippen LogP contribution in [0.5, 0.6) is 0 Å². The van der Waals surface area contributed by atoms with Crippen LogP contribution in [-0.4, -0.2) is 63.3 Å². The van der Waals surface area contributed by atoms with Gasteiger partial charge in [0.1, 0.15) is 23.8 Å². The number of nitrogens with one attached hydrogen (secondary N) is 1. The zero-order valence-corrected chi connectivity index (χ0v) is 12.0. The number of hydrogen-bond donors (Lipinski definition) is 2. The molecular weight excluding hydrogens is 288 g/mol. The number of pyridine rings is 1. The molecule has 0 spiro atoms. The third kappa shape index (κ3) is 2.07. The van der Waals surface area contributed by atoms with Crippen molar-refractivity contribution < 1.29 is 19.4 Å². The van der Waals surface area contributed by atoms with Crippen LogP contribution in [0.1, 0.15) is 10.4 Å². The van der Waals surface area contributed by atoms with E-state index in [4.69, 9.17) is 9.47 Å². The minimum atomic E-state index is -0.626. The van der Waals surface area contributed by atoms with Crippen LogP contribution >= 0.6 is 0 Å². The Kier molecular flexibility index (Phi) is 3.10. The van der Waals surface area contributed by atoms with E-state index in [9.17, 15) is 9.90 Å². The number of nitrogens with zero attached hydrogens (tertiary/aromatic N) is 3. The van der Waals surface area contributed by atoms with Gasteiger partial charge in [-0.2, -0.15) is 5.10 Å². The van der Waals surface area contributed by atoms with Gasteiger partial charge in [-0.1, -0.05) is 0 Å². The summed E-state index contributed by atoms with van der Waals surface area (Å²) in [6.45, 7) is 0.573. The fourth-order valence-electron chi connectivity index (χ4n) is 3.00. The molecule has 2 aromatic heterocycles. The SMILES string of the molecule is Cn1ncc2ncc(C(=O)N[C@H]3CO[C@H]4[C@@H]3OC[C@@H]4O)cc21. The second-order valence-corrected chi connectivity index (χ2v) is 5.64. The molecule has 0 aliphatic carbocycles. The van der Waals surface area contributed by atoms with E-state index in [1.54, 1.807) is 24.0 Å². The Labute approximate surface area is 126 Å². The number of aliphatic hydroxyl groups is 1. The molecule has 116 valence electrons. The molecule has 8 nitrogen and oxygen atoms in total. The molecule has 0 saturated carbocycles. The first-order valence-corrected chi connectivity index (χ1v) is 7.13. The summed E-state index contributed by atoms with van der Waals surface area (Å²) in [5, 5.41) is 16.7. The Hall–Kier alpha value is -2.03. The first-order valence-electron chi connectivity index (χ1n) is 7.13. The molecule has 0 radical (unpaired) electrons. The first kappa shape index (κ1) is 13.6. The molecule has 1 amide bonds. The molecule has 2 aliphatic heterocycles. The van der Waals surface area contributed by atoms with Gasteiger partial charge in [0.15, 0.2) is 0 Å². The molecule has 0 bridgehead atoms. The molecule has 2 fully saturated rings. The third-order valence-corrected chi connectivity index (χ3v) is 4.21. The van der Waals surface area contributed by atoms with Crippen molar-refractivity contribution >= 4 is 16.9 Å². The number of amides is 1. The van der Waals surface area contributed by atoms with Crippen molar-refractivity contribution in [1.82, 2.24) is 20.1 Å². The summed E-state index contributed by atoms with van der Waals surface area (Å²) in [7, 11) is 1.80. The van der Waals surface area contributed by atoms with Crippen LogP contribution in [0.4, 0.5) is 0 Å². The summed E-state index contributed by atoms with van der Waals surface area (Å²) in [5.41, 5.74) is 1.99. The van der Waals surface area contributed by atoms with E-state index in [1.165, 1.54) is 6.20 Å². The van der Waals surface area contributed by atoms with Gasteiger partial charge in [0.2, 0.25) is 0 Å². The first-order chi connectivity index (χ1) is 10.6. The maximum absolute atomic E-state index is 12.4. The zero-order valence-electron chi connectivity index (χ0n) is 12.0. The van der Waals surface area contributed by atoms with Gasteiger partial charge < -0.3 is 19.9 Å². The molecule has 0 aromatic carbocycles. The Morgan fingerprint density at radius 2 is 2.18 bits per heavy atom. The van der Waals surface area contributed by atoms with Crippen molar-refractivity contribution in [2.75, 3.05) is 13.2 Å². The highest BCUT2D eigenvalue weighted by Gasteiger charge is 2.47. The highest BCUT2D eigenvalue weighted by molar-refractivity contribution is 5.96. The van der Waals surface area contributed by atoms with Crippen LogP contribution in [0.25, 0.3) is 11.0 Å². The molecule has 4 atom stereocenters. The predicted octanol–water partition coefficient (Wildman–Crippen LogP) is -0.775.